The largest absolute Gasteiger partial charge is 0.423 e. The van der Waals surface area contributed by atoms with Crippen LogP contribution in [0.5, 0.6) is 0 Å². The molecule has 0 atom stereocenters. The van der Waals surface area contributed by atoms with Crippen molar-refractivity contribution in [3.63, 3.8) is 0 Å². The van der Waals surface area contributed by atoms with Crippen LogP contribution in [0.1, 0.15) is 11.3 Å². The molecule has 2 heterocycles. The molecule has 0 saturated carbocycles. The minimum Gasteiger partial charge on any atom is -0.423 e. The Morgan fingerprint density at radius 1 is 1.35 bits per heavy atom. The van der Waals surface area contributed by atoms with Crippen molar-refractivity contribution in [1.29, 1.82) is 0 Å². The number of imidazole rings is 1. The zero-order valence-electron chi connectivity index (χ0n) is 11.4. The van der Waals surface area contributed by atoms with Crippen molar-refractivity contribution in [3.05, 3.63) is 48.4 Å². The molecular formula is C14H15N5O. The lowest BCUT2D eigenvalue weighted by atomic mass is 10.1. The summed E-state index contributed by atoms with van der Waals surface area (Å²) in [6.45, 7) is 2.77. The van der Waals surface area contributed by atoms with Gasteiger partial charge in [-0.05, 0) is 24.6 Å². The van der Waals surface area contributed by atoms with Gasteiger partial charge in [-0.3, -0.25) is 0 Å². The lowest BCUT2D eigenvalue weighted by Crippen LogP contribution is -2.05. The normalized spacial score (nSPS) is 10.7. The number of hydrogen-bond donors (Lipinski definition) is 1. The summed E-state index contributed by atoms with van der Waals surface area (Å²) < 4.78 is 7.21. The van der Waals surface area contributed by atoms with Crippen molar-refractivity contribution >= 4 is 5.69 Å². The number of aromatic nitrogens is 4. The Morgan fingerprint density at radius 2 is 2.25 bits per heavy atom. The number of hydrogen-bond acceptors (Lipinski definition) is 5. The molecule has 0 saturated heterocycles. The Balaban J connectivity index is 1.82. The molecule has 0 fully saturated rings. The van der Waals surface area contributed by atoms with E-state index in [1.165, 1.54) is 6.39 Å². The van der Waals surface area contributed by atoms with Gasteiger partial charge >= 0.3 is 0 Å². The third-order valence-corrected chi connectivity index (χ3v) is 3.22. The second kappa shape index (κ2) is 5.16. The van der Waals surface area contributed by atoms with Gasteiger partial charge in [0.2, 0.25) is 12.3 Å². The summed E-state index contributed by atoms with van der Waals surface area (Å²) in [6, 6.07) is 6.02. The first kappa shape index (κ1) is 12.4. The molecule has 3 aromatic rings. The lowest BCUT2D eigenvalue weighted by Gasteiger charge is -2.10. The van der Waals surface area contributed by atoms with E-state index in [1.807, 2.05) is 36.0 Å². The highest BCUT2D eigenvalue weighted by atomic mass is 16.4. The summed E-state index contributed by atoms with van der Waals surface area (Å²) >= 11 is 0. The van der Waals surface area contributed by atoms with E-state index in [0.717, 1.165) is 22.5 Å². The first-order valence-electron chi connectivity index (χ1n) is 6.30. The smallest absolute Gasteiger partial charge is 0.247 e. The molecule has 0 aliphatic carbocycles. The van der Waals surface area contributed by atoms with Crippen molar-refractivity contribution in [2.24, 2.45) is 7.05 Å². The van der Waals surface area contributed by atoms with E-state index >= 15 is 0 Å². The van der Waals surface area contributed by atoms with E-state index in [1.54, 1.807) is 6.33 Å². The van der Waals surface area contributed by atoms with Crippen LogP contribution in [0.4, 0.5) is 5.69 Å². The predicted octanol–water partition coefficient (Wildman–Crippen LogP) is 2.39. The van der Waals surface area contributed by atoms with E-state index in [0.29, 0.717) is 12.4 Å². The predicted molar refractivity (Wildman–Crippen MR) is 75.0 cm³/mol. The highest BCUT2D eigenvalue weighted by Crippen LogP contribution is 2.24. The molecule has 1 N–H and O–H groups in total. The van der Waals surface area contributed by atoms with Crippen LogP contribution in [-0.2, 0) is 13.6 Å². The maximum absolute atomic E-state index is 5.22. The number of anilines is 1. The van der Waals surface area contributed by atoms with Gasteiger partial charge in [0.1, 0.15) is 0 Å². The van der Waals surface area contributed by atoms with Gasteiger partial charge in [-0.15, -0.1) is 10.2 Å². The molecule has 0 aliphatic rings. The number of nitrogens with one attached hydrogen (secondary N) is 1. The molecule has 20 heavy (non-hydrogen) atoms. The molecule has 2 aromatic heterocycles. The van der Waals surface area contributed by atoms with Crippen molar-refractivity contribution in [2.45, 2.75) is 13.5 Å². The van der Waals surface area contributed by atoms with Crippen LogP contribution in [0.25, 0.3) is 11.5 Å². The van der Waals surface area contributed by atoms with Gasteiger partial charge in [-0.1, -0.05) is 6.07 Å². The van der Waals surface area contributed by atoms with Crippen LogP contribution in [0.3, 0.4) is 0 Å². The summed E-state index contributed by atoms with van der Waals surface area (Å²) in [5.74, 6) is 0.522. The lowest BCUT2D eigenvalue weighted by molar-refractivity contribution is 0.568. The Hall–Kier alpha value is -2.63. The van der Waals surface area contributed by atoms with Crippen LogP contribution in [0, 0.1) is 6.92 Å². The minimum atomic E-state index is 0.522. The van der Waals surface area contributed by atoms with E-state index in [-0.39, 0.29) is 0 Å². The van der Waals surface area contributed by atoms with Crippen LogP contribution in [-0.4, -0.2) is 19.7 Å². The maximum Gasteiger partial charge on any atom is 0.247 e. The van der Waals surface area contributed by atoms with Crippen LogP contribution < -0.4 is 5.32 Å². The molecular weight excluding hydrogens is 254 g/mol. The highest BCUT2D eigenvalue weighted by molar-refractivity contribution is 5.64. The number of benzene rings is 1. The summed E-state index contributed by atoms with van der Waals surface area (Å²) in [5.41, 5.74) is 4.23. The fraction of sp³-hybridized carbons (Fsp3) is 0.214. The maximum atomic E-state index is 5.22. The quantitative estimate of drug-likeness (QED) is 0.787. The summed E-state index contributed by atoms with van der Waals surface area (Å²) in [5, 5.41) is 11.0. The second-order valence-corrected chi connectivity index (χ2v) is 4.62. The molecule has 1 aromatic carbocycles. The molecule has 6 heteroatoms. The Labute approximate surface area is 116 Å². The van der Waals surface area contributed by atoms with E-state index in [4.69, 9.17) is 4.42 Å². The average molecular weight is 269 g/mol. The van der Waals surface area contributed by atoms with Crippen LogP contribution in [0.15, 0.2) is 41.5 Å². The fourth-order valence-corrected chi connectivity index (χ4v) is 1.99. The fourth-order valence-electron chi connectivity index (χ4n) is 1.99. The average Bonchev–Trinajstić information content (AvgIpc) is 3.10. The van der Waals surface area contributed by atoms with Crippen molar-refractivity contribution < 1.29 is 4.42 Å². The van der Waals surface area contributed by atoms with Gasteiger partial charge in [0.15, 0.2) is 0 Å². The molecule has 0 unspecified atom stereocenters. The van der Waals surface area contributed by atoms with Crippen molar-refractivity contribution in [2.75, 3.05) is 5.32 Å². The van der Waals surface area contributed by atoms with Crippen molar-refractivity contribution in [3.8, 4) is 11.5 Å². The van der Waals surface area contributed by atoms with Gasteiger partial charge in [0.25, 0.3) is 0 Å². The molecule has 0 bridgehead atoms. The Morgan fingerprint density at radius 3 is 2.95 bits per heavy atom. The van der Waals surface area contributed by atoms with Gasteiger partial charge in [0.05, 0.1) is 18.6 Å². The zero-order valence-corrected chi connectivity index (χ0v) is 11.4. The standard InChI is InChI=1S/C14H15N5O/c1-10-3-4-11(14-18-17-9-20-14)5-13(10)16-7-12-6-15-8-19(12)2/h3-6,8-9,16H,7H2,1-2H3. The van der Waals surface area contributed by atoms with E-state index in [2.05, 4.69) is 27.4 Å². The number of aryl methyl sites for hydroxylation is 2. The van der Waals surface area contributed by atoms with Gasteiger partial charge in [-0.25, -0.2) is 4.98 Å². The molecule has 0 aliphatic heterocycles. The SMILES string of the molecule is Cc1ccc(-c2nnco2)cc1NCc1cncn1C. The first-order chi connectivity index (χ1) is 9.74. The van der Waals surface area contributed by atoms with Crippen molar-refractivity contribution in [1.82, 2.24) is 19.7 Å². The Bertz CT molecular complexity index is 702. The van der Waals surface area contributed by atoms with Gasteiger partial charge < -0.3 is 14.3 Å². The van der Waals surface area contributed by atoms with Crippen LogP contribution >= 0.6 is 0 Å². The van der Waals surface area contributed by atoms with Gasteiger partial charge in [0, 0.05) is 24.5 Å². The first-order valence-corrected chi connectivity index (χ1v) is 6.30. The summed E-state index contributed by atoms with van der Waals surface area (Å²) in [4.78, 5) is 4.10. The molecule has 3 rings (SSSR count). The summed E-state index contributed by atoms with van der Waals surface area (Å²) in [7, 11) is 1.98. The number of nitrogens with zero attached hydrogens (tertiary/aromatic N) is 4. The second-order valence-electron chi connectivity index (χ2n) is 4.62. The summed E-state index contributed by atoms with van der Waals surface area (Å²) in [6.07, 6.45) is 4.97. The Kier molecular flexibility index (Phi) is 3.20. The minimum absolute atomic E-state index is 0.522. The number of rotatable bonds is 4. The topological polar surface area (TPSA) is 68.8 Å². The van der Waals surface area contributed by atoms with E-state index < -0.39 is 0 Å². The molecule has 0 radical (unpaired) electrons. The highest BCUT2D eigenvalue weighted by Gasteiger charge is 2.07. The van der Waals surface area contributed by atoms with Gasteiger partial charge in [-0.2, -0.15) is 0 Å². The van der Waals surface area contributed by atoms with E-state index in [9.17, 15) is 0 Å². The zero-order chi connectivity index (χ0) is 13.9. The third kappa shape index (κ3) is 2.40. The third-order valence-electron chi connectivity index (χ3n) is 3.22. The van der Waals surface area contributed by atoms with Crippen LogP contribution in [0.2, 0.25) is 0 Å². The molecule has 0 spiro atoms. The monoisotopic (exact) mass is 269 g/mol. The molecule has 102 valence electrons. The molecule has 6 nitrogen and oxygen atoms in total. The molecule has 0 amide bonds.